The van der Waals surface area contributed by atoms with E-state index in [1.54, 1.807) is 0 Å². The van der Waals surface area contributed by atoms with Gasteiger partial charge in [0.25, 0.3) is 5.91 Å². The first-order chi connectivity index (χ1) is 9.84. The van der Waals surface area contributed by atoms with E-state index in [2.05, 4.69) is 15.2 Å². The van der Waals surface area contributed by atoms with Crippen LogP contribution in [0.25, 0.3) is 0 Å². The topological polar surface area (TPSA) is 88.2 Å². The van der Waals surface area contributed by atoms with Gasteiger partial charge in [0.1, 0.15) is 11.9 Å². The highest BCUT2D eigenvalue weighted by atomic mass is 16.5. The lowest BCUT2D eigenvalue weighted by molar-refractivity contribution is -0.147. The number of aromatic amines is 1. The number of nitrogens with zero attached hydrogens (tertiary/aromatic N) is 3. The Morgan fingerprint density at radius 3 is 2.62 bits per heavy atom. The van der Waals surface area contributed by atoms with E-state index in [9.17, 15) is 9.59 Å². The van der Waals surface area contributed by atoms with E-state index in [1.165, 1.54) is 12.0 Å². The number of aromatic nitrogens is 3. The summed E-state index contributed by atoms with van der Waals surface area (Å²) in [5.41, 5.74) is -0.213. The minimum Gasteiger partial charge on any atom is -0.467 e. The third kappa shape index (κ3) is 3.22. The zero-order valence-corrected chi connectivity index (χ0v) is 13.0. The van der Waals surface area contributed by atoms with Gasteiger partial charge in [-0.05, 0) is 19.3 Å². The second-order valence-electron chi connectivity index (χ2n) is 6.29. The zero-order valence-electron chi connectivity index (χ0n) is 13.0. The second-order valence-corrected chi connectivity index (χ2v) is 6.29. The van der Waals surface area contributed by atoms with E-state index >= 15 is 0 Å². The summed E-state index contributed by atoms with van der Waals surface area (Å²) in [6, 6.07) is -0.534. The molecule has 1 N–H and O–H groups in total. The van der Waals surface area contributed by atoms with Crippen molar-refractivity contribution < 1.29 is 14.3 Å². The molecular weight excluding hydrogens is 272 g/mol. The standard InChI is InChI=1S/C14H22N4O3/c1-14(2,3)13-15-10(16-17-13)11(19)18-8-6-5-7-9(18)12(20)21-4/h9H,5-8H2,1-4H3,(H,15,16,17). The molecular formula is C14H22N4O3. The Kier molecular flexibility index (Phi) is 4.29. The van der Waals surface area contributed by atoms with Gasteiger partial charge in [0, 0.05) is 12.0 Å². The number of esters is 1. The minimum absolute atomic E-state index is 0.107. The molecule has 0 aromatic carbocycles. The van der Waals surface area contributed by atoms with E-state index < -0.39 is 6.04 Å². The molecule has 1 aromatic rings. The number of rotatable bonds is 2. The van der Waals surface area contributed by atoms with Gasteiger partial charge in [0.15, 0.2) is 0 Å². The quantitative estimate of drug-likeness (QED) is 0.830. The lowest BCUT2D eigenvalue weighted by Crippen LogP contribution is -2.48. The Morgan fingerprint density at radius 1 is 1.33 bits per heavy atom. The summed E-state index contributed by atoms with van der Waals surface area (Å²) >= 11 is 0. The maximum Gasteiger partial charge on any atom is 0.328 e. The first-order valence-electron chi connectivity index (χ1n) is 7.16. The predicted molar refractivity (Wildman–Crippen MR) is 75.8 cm³/mol. The molecule has 1 aliphatic rings. The van der Waals surface area contributed by atoms with Gasteiger partial charge in [-0.1, -0.05) is 20.8 Å². The van der Waals surface area contributed by atoms with Gasteiger partial charge in [0.2, 0.25) is 5.82 Å². The summed E-state index contributed by atoms with van der Waals surface area (Å²) in [7, 11) is 1.34. The highest BCUT2D eigenvalue weighted by Crippen LogP contribution is 2.21. The Hall–Kier alpha value is -1.92. The Bertz CT molecular complexity index is 533. The van der Waals surface area contributed by atoms with Gasteiger partial charge in [-0.2, -0.15) is 0 Å². The number of carbonyl (C=O) groups is 2. The van der Waals surface area contributed by atoms with Crippen LogP contribution in [0, 0.1) is 0 Å². The summed E-state index contributed by atoms with van der Waals surface area (Å²) < 4.78 is 4.78. The molecule has 0 radical (unpaired) electrons. The van der Waals surface area contributed by atoms with Crippen LogP contribution in [0.3, 0.4) is 0 Å². The maximum absolute atomic E-state index is 12.5. The number of hydrogen-bond donors (Lipinski definition) is 1. The molecule has 2 rings (SSSR count). The number of carbonyl (C=O) groups excluding carboxylic acids is 2. The molecule has 1 unspecified atom stereocenters. The van der Waals surface area contributed by atoms with Gasteiger partial charge < -0.3 is 9.64 Å². The van der Waals surface area contributed by atoms with Crippen LogP contribution in [0.2, 0.25) is 0 Å². The van der Waals surface area contributed by atoms with Crippen LogP contribution in [-0.4, -0.2) is 51.7 Å². The minimum atomic E-state index is -0.534. The lowest BCUT2D eigenvalue weighted by Gasteiger charge is -2.32. The van der Waals surface area contributed by atoms with Gasteiger partial charge in [-0.3, -0.25) is 9.89 Å². The number of amides is 1. The van der Waals surface area contributed by atoms with Crippen molar-refractivity contribution in [3.05, 3.63) is 11.6 Å². The molecule has 2 heterocycles. The molecule has 21 heavy (non-hydrogen) atoms. The van der Waals surface area contributed by atoms with Crippen LogP contribution >= 0.6 is 0 Å². The maximum atomic E-state index is 12.5. The first-order valence-corrected chi connectivity index (χ1v) is 7.16. The van der Waals surface area contributed by atoms with Crippen LogP contribution in [0.4, 0.5) is 0 Å². The molecule has 7 heteroatoms. The van der Waals surface area contributed by atoms with Crippen LogP contribution < -0.4 is 0 Å². The summed E-state index contributed by atoms with van der Waals surface area (Å²) in [6.07, 6.45) is 2.40. The van der Waals surface area contributed by atoms with Crippen molar-refractivity contribution in [3.63, 3.8) is 0 Å². The molecule has 0 aliphatic carbocycles. The highest BCUT2D eigenvalue weighted by molar-refractivity contribution is 5.93. The van der Waals surface area contributed by atoms with Crippen molar-refractivity contribution in [2.75, 3.05) is 13.7 Å². The fraction of sp³-hybridized carbons (Fsp3) is 0.714. The van der Waals surface area contributed by atoms with Crippen molar-refractivity contribution in [2.24, 2.45) is 0 Å². The molecule has 0 saturated carbocycles. The fourth-order valence-electron chi connectivity index (χ4n) is 2.38. The number of piperidine rings is 1. The Morgan fingerprint density at radius 2 is 2.05 bits per heavy atom. The smallest absolute Gasteiger partial charge is 0.328 e. The van der Waals surface area contributed by atoms with Crippen molar-refractivity contribution >= 4 is 11.9 Å². The monoisotopic (exact) mass is 294 g/mol. The van der Waals surface area contributed by atoms with Crippen molar-refractivity contribution in [2.45, 2.75) is 51.5 Å². The molecule has 1 amide bonds. The number of methoxy groups -OCH3 is 1. The number of ether oxygens (including phenoxy) is 1. The molecule has 1 aliphatic heterocycles. The zero-order chi connectivity index (χ0) is 15.6. The summed E-state index contributed by atoms with van der Waals surface area (Å²) in [5.74, 6) is 0.0553. The molecule has 1 aromatic heterocycles. The van der Waals surface area contributed by atoms with E-state index in [4.69, 9.17) is 4.74 Å². The number of nitrogens with one attached hydrogen (secondary N) is 1. The normalized spacial score (nSPS) is 19.4. The molecule has 0 bridgehead atoms. The highest BCUT2D eigenvalue weighted by Gasteiger charge is 2.35. The summed E-state index contributed by atoms with van der Waals surface area (Å²) in [5, 5.41) is 6.80. The van der Waals surface area contributed by atoms with E-state index in [0.29, 0.717) is 18.8 Å². The van der Waals surface area contributed by atoms with Crippen LogP contribution in [0.1, 0.15) is 56.5 Å². The summed E-state index contributed by atoms with van der Waals surface area (Å²) in [6.45, 7) is 6.48. The largest absolute Gasteiger partial charge is 0.467 e. The lowest BCUT2D eigenvalue weighted by atomic mass is 9.96. The van der Waals surface area contributed by atoms with Crippen molar-refractivity contribution in [3.8, 4) is 0 Å². The number of H-pyrrole nitrogens is 1. The molecule has 0 spiro atoms. The van der Waals surface area contributed by atoms with Gasteiger partial charge in [0.05, 0.1) is 7.11 Å². The number of hydrogen-bond acceptors (Lipinski definition) is 5. The van der Waals surface area contributed by atoms with E-state index in [0.717, 1.165) is 12.8 Å². The second kappa shape index (κ2) is 5.83. The van der Waals surface area contributed by atoms with E-state index in [1.807, 2.05) is 20.8 Å². The number of likely N-dealkylation sites (tertiary alicyclic amines) is 1. The molecule has 7 nitrogen and oxygen atoms in total. The molecule has 1 saturated heterocycles. The Labute approximate surface area is 124 Å². The van der Waals surface area contributed by atoms with Crippen LogP contribution in [0.5, 0.6) is 0 Å². The van der Waals surface area contributed by atoms with Gasteiger partial charge in [-0.25, -0.2) is 9.78 Å². The van der Waals surface area contributed by atoms with Crippen LogP contribution in [-0.2, 0) is 14.9 Å². The van der Waals surface area contributed by atoms with Crippen molar-refractivity contribution in [1.29, 1.82) is 0 Å². The SMILES string of the molecule is COC(=O)C1CCCCN1C(=O)c1n[nH]c(C(C)(C)C)n1. The average molecular weight is 294 g/mol. The third-order valence-electron chi connectivity index (χ3n) is 3.62. The molecule has 1 fully saturated rings. The van der Waals surface area contributed by atoms with Gasteiger partial charge in [-0.15, -0.1) is 5.10 Å². The first kappa shape index (κ1) is 15.5. The fourth-order valence-corrected chi connectivity index (χ4v) is 2.38. The molecule has 116 valence electrons. The van der Waals surface area contributed by atoms with Crippen LogP contribution in [0.15, 0.2) is 0 Å². The predicted octanol–water partition coefficient (Wildman–Crippen LogP) is 1.27. The van der Waals surface area contributed by atoms with E-state index in [-0.39, 0.29) is 23.1 Å². The van der Waals surface area contributed by atoms with Crippen molar-refractivity contribution in [1.82, 2.24) is 20.1 Å². The summed E-state index contributed by atoms with van der Waals surface area (Å²) in [4.78, 5) is 30.1. The molecule has 1 atom stereocenters. The average Bonchev–Trinajstić information content (AvgIpc) is 2.95. The van der Waals surface area contributed by atoms with Gasteiger partial charge >= 0.3 is 5.97 Å². The third-order valence-corrected chi connectivity index (χ3v) is 3.62. The Balaban J connectivity index is 2.21.